The van der Waals surface area contributed by atoms with Gasteiger partial charge in [0.15, 0.2) is 0 Å². The summed E-state index contributed by atoms with van der Waals surface area (Å²) in [6.07, 6.45) is 2.82. The van der Waals surface area contributed by atoms with E-state index < -0.39 is 34.0 Å². The van der Waals surface area contributed by atoms with E-state index in [4.69, 9.17) is 4.74 Å². The van der Waals surface area contributed by atoms with E-state index in [1.54, 1.807) is 31.2 Å². The summed E-state index contributed by atoms with van der Waals surface area (Å²) in [6, 6.07) is 5.18. The lowest BCUT2D eigenvalue weighted by Crippen LogP contribution is -2.46. The lowest BCUT2D eigenvalue weighted by atomic mass is 9.93. The van der Waals surface area contributed by atoms with Gasteiger partial charge in [0.25, 0.3) is 0 Å². The van der Waals surface area contributed by atoms with E-state index in [2.05, 4.69) is 0 Å². The molecule has 1 aromatic carbocycles. The van der Waals surface area contributed by atoms with Crippen molar-refractivity contribution >= 4 is 21.8 Å². The van der Waals surface area contributed by atoms with Crippen LogP contribution in [0, 0.1) is 12.8 Å². The van der Waals surface area contributed by atoms with Crippen LogP contribution in [0.4, 0.5) is 0 Å². The van der Waals surface area contributed by atoms with E-state index in [0.29, 0.717) is 12.8 Å². The van der Waals surface area contributed by atoms with Crippen molar-refractivity contribution in [3.05, 3.63) is 29.8 Å². The molecule has 0 aromatic heterocycles. The smallest absolute Gasteiger partial charge is 0.324 e. The zero-order valence-electron chi connectivity index (χ0n) is 15.2. The normalized spacial score (nSPS) is 27.0. The van der Waals surface area contributed by atoms with Crippen LogP contribution in [0.25, 0.3) is 0 Å². The van der Waals surface area contributed by atoms with Gasteiger partial charge in [-0.25, -0.2) is 8.42 Å². The van der Waals surface area contributed by atoms with E-state index >= 15 is 0 Å². The summed E-state index contributed by atoms with van der Waals surface area (Å²) >= 11 is 0. The Kier molecular flexibility index (Phi) is 5.48. The van der Waals surface area contributed by atoms with Gasteiger partial charge in [-0.2, -0.15) is 4.31 Å². The number of hydrogen-bond donors (Lipinski definition) is 0. The van der Waals surface area contributed by atoms with Crippen LogP contribution in [0.1, 0.15) is 44.6 Å². The second kappa shape index (κ2) is 7.48. The zero-order valence-corrected chi connectivity index (χ0v) is 16.0. The highest BCUT2D eigenvalue weighted by atomic mass is 32.2. The third-order valence-corrected chi connectivity index (χ3v) is 7.27. The SMILES string of the molecule is CCOC(=O)[C@H]1C[C@H]2C(=O)CCCC[C@@H]2N1S(=O)(=O)c1ccc(C)cc1. The lowest BCUT2D eigenvalue weighted by molar-refractivity contribution is -0.147. The van der Waals surface area contributed by atoms with E-state index in [1.165, 1.54) is 4.31 Å². The van der Waals surface area contributed by atoms with Crippen LogP contribution in [-0.4, -0.2) is 43.2 Å². The maximum atomic E-state index is 13.3. The topological polar surface area (TPSA) is 80.8 Å². The van der Waals surface area contributed by atoms with Gasteiger partial charge < -0.3 is 4.74 Å². The summed E-state index contributed by atoms with van der Waals surface area (Å²) in [4.78, 5) is 25.1. The average Bonchev–Trinajstić information content (AvgIpc) is 2.91. The summed E-state index contributed by atoms with van der Waals surface area (Å²) in [6.45, 7) is 3.75. The Labute approximate surface area is 154 Å². The molecule has 0 unspecified atom stereocenters. The van der Waals surface area contributed by atoms with Crippen molar-refractivity contribution in [1.82, 2.24) is 4.31 Å². The predicted octanol–water partition coefficient (Wildman–Crippen LogP) is 2.45. The molecule has 2 fully saturated rings. The summed E-state index contributed by atoms with van der Waals surface area (Å²) < 4.78 is 33.1. The Morgan fingerprint density at radius 3 is 2.58 bits per heavy atom. The Bertz CT molecular complexity index is 787. The summed E-state index contributed by atoms with van der Waals surface area (Å²) in [5, 5.41) is 0. The number of esters is 1. The molecule has 2 aliphatic rings. The minimum absolute atomic E-state index is 0.0587. The number of carbonyl (C=O) groups excluding carboxylic acids is 2. The molecule has 3 atom stereocenters. The Morgan fingerprint density at radius 2 is 1.92 bits per heavy atom. The number of ether oxygens (including phenoxy) is 1. The third kappa shape index (κ3) is 3.42. The molecule has 1 saturated carbocycles. The number of fused-ring (bicyclic) bond motifs is 1. The monoisotopic (exact) mass is 379 g/mol. The summed E-state index contributed by atoms with van der Waals surface area (Å²) in [5.74, 6) is -0.931. The van der Waals surface area contributed by atoms with Crippen molar-refractivity contribution in [2.45, 2.75) is 62.9 Å². The van der Waals surface area contributed by atoms with Crippen LogP contribution < -0.4 is 0 Å². The van der Waals surface area contributed by atoms with Crippen molar-refractivity contribution in [3.8, 4) is 0 Å². The molecule has 7 heteroatoms. The molecule has 142 valence electrons. The van der Waals surface area contributed by atoms with Crippen LogP contribution in [-0.2, 0) is 24.3 Å². The number of benzene rings is 1. The van der Waals surface area contributed by atoms with Gasteiger partial charge in [-0.3, -0.25) is 9.59 Å². The maximum absolute atomic E-state index is 13.3. The molecular formula is C19H25NO5S. The van der Waals surface area contributed by atoms with Crippen LogP contribution in [0.5, 0.6) is 0 Å². The third-order valence-electron chi connectivity index (χ3n) is 5.32. The van der Waals surface area contributed by atoms with Crippen molar-refractivity contribution in [2.24, 2.45) is 5.92 Å². The molecule has 26 heavy (non-hydrogen) atoms. The highest BCUT2D eigenvalue weighted by molar-refractivity contribution is 7.89. The number of Topliss-reactive ketones (excluding diaryl/α,β-unsaturated/α-hetero) is 1. The van der Waals surface area contributed by atoms with E-state index in [-0.39, 0.29) is 23.7 Å². The highest BCUT2D eigenvalue weighted by Crippen LogP contribution is 2.41. The number of hydrogen-bond acceptors (Lipinski definition) is 5. The van der Waals surface area contributed by atoms with Gasteiger partial charge in [0.05, 0.1) is 11.5 Å². The van der Waals surface area contributed by atoms with Gasteiger partial charge in [-0.15, -0.1) is 0 Å². The average molecular weight is 379 g/mol. The first-order valence-corrected chi connectivity index (χ1v) is 10.6. The molecule has 0 radical (unpaired) electrons. The Morgan fingerprint density at radius 1 is 1.23 bits per heavy atom. The number of sulfonamides is 1. The van der Waals surface area contributed by atoms with Crippen LogP contribution in [0.3, 0.4) is 0 Å². The fourth-order valence-corrected chi connectivity index (χ4v) is 5.88. The predicted molar refractivity (Wildman–Crippen MR) is 96.0 cm³/mol. The molecule has 0 spiro atoms. The number of ketones is 1. The van der Waals surface area contributed by atoms with Crippen molar-refractivity contribution < 1.29 is 22.7 Å². The fraction of sp³-hybridized carbons (Fsp3) is 0.579. The molecule has 1 aromatic rings. The largest absolute Gasteiger partial charge is 0.465 e. The maximum Gasteiger partial charge on any atom is 0.324 e. The highest BCUT2D eigenvalue weighted by Gasteiger charge is 2.53. The first-order chi connectivity index (χ1) is 12.4. The Hall–Kier alpha value is -1.73. The van der Waals surface area contributed by atoms with Gasteiger partial charge in [0, 0.05) is 18.4 Å². The van der Waals surface area contributed by atoms with Crippen molar-refractivity contribution in [1.29, 1.82) is 0 Å². The number of carbonyl (C=O) groups is 2. The fourth-order valence-electron chi connectivity index (χ4n) is 4.04. The minimum atomic E-state index is -3.90. The summed E-state index contributed by atoms with van der Waals surface area (Å²) in [5.41, 5.74) is 0.954. The first kappa shape index (κ1) is 19.0. The van der Waals surface area contributed by atoms with Gasteiger partial charge >= 0.3 is 5.97 Å². The number of rotatable bonds is 4. The Balaban J connectivity index is 2.04. The van der Waals surface area contributed by atoms with E-state index in [0.717, 1.165) is 18.4 Å². The molecule has 1 saturated heterocycles. The first-order valence-electron chi connectivity index (χ1n) is 9.15. The van der Waals surface area contributed by atoms with Gasteiger partial charge in [0.1, 0.15) is 11.8 Å². The lowest BCUT2D eigenvalue weighted by Gasteiger charge is -2.29. The van der Waals surface area contributed by atoms with Crippen molar-refractivity contribution in [3.63, 3.8) is 0 Å². The zero-order chi connectivity index (χ0) is 18.9. The molecule has 0 N–H and O–H groups in total. The van der Waals surface area contributed by atoms with Crippen LogP contribution in [0.2, 0.25) is 0 Å². The van der Waals surface area contributed by atoms with Crippen LogP contribution in [0.15, 0.2) is 29.2 Å². The molecule has 0 bridgehead atoms. The van der Waals surface area contributed by atoms with E-state index in [9.17, 15) is 18.0 Å². The molecule has 6 nitrogen and oxygen atoms in total. The molecule has 1 aliphatic heterocycles. The summed E-state index contributed by atoms with van der Waals surface area (Å²) in [7, 11) is -3.90. The molecular weight excluding hydrogens is 354 g/mol. The van der Waals surface area contributed by atoms with Gasteiger partial charge in [-0.1, -0.05) is 24.1 Å². The molecule has 1 aliphatic carbocycles. The van der Waals surface area contributed by atoms with Crippen LogP contribution >= 0.6 is 0 Å². The molecule has 0 amide bonds. The number of nitrogens with zero attached hydrogens (tertiary/aromatic N) is 1. The van der Waals surface area contributed by atoms with E-state index in [1.807, 2.05) is 6.92 Å². The second-order valence-electron chi connectivity index (χ2n) is 7.04. The molecule has 1 heterocycles. The minimum Gasteiger partial charge on any atom is -0.465 e. The molecule has 3 rings (SSSR count). The number of aryl methyl sites for hydroxylation is 1. The standard InChI is InChI=1S/C19H25NO5S/c1-3-25-19(22)17-12-15-16(6-4-5-7-18(15)21)20(17)26(23,24)14-10-8-13(2)9-11-14/h8-11,15-17H,3-7,12H2,1-2H3/t15-,16+,17-/m1/s1. The quantitative estimate of drug-likeness (QED) is 0.751. The van der Waals surface area contributed by atoms with Gasteiger partial charge in [0.2, 0.25) is 10.0 Å². The van der Waals surface area contributed by atoms with Gasteiger partial charge in [-0.05, 0) is 45.2 Å². The van der Waals surface area contributed by atoms with Crippen molar-refractivity contribution in [2.75, 3.05) is 6.61 Å². The second-order valence-corrected chi connectivity index (χ2v) is 8.88.